The molecule has 1 N–H and O–H groups in total. The Labute approximate surface area is 191 Å². The van der Waals surface area contributed by atoms with E-state index in [-0.39, 0.29) is 16.9 Å². The second-order valence-electron chi connectivity index (χ2n) is 10.3. The third-order valence-electron chi connectivity index (χ3n) is 7.25. The first kappa shape index (κ1) is 23.5. The monoisotopic (exact) mass is 478 g/mol. The number of hydrogen-bond acceptors (Lipinski definition) is 3. The minimum absolute atomic E-state index is 0.0128. The fourth-order valence-corrected chi connectivity index (χ4v) is 5.85. The predicted molar refractivity (Wildman–Crippen MR) is 128 cm³/mol. The van der Waals surface area contributed by atoms with E-state index in [1.54, 1.807) is 7.11 Å². The predicted octanol–water partition coefficient (Wildman–Crippen LogP) is 7.60. The molecule has 1 aliphatic carbocycles. The van der Waals surface area contributed by atoms with Gasteiger partial charge in [-0.25, -0.2) is 0 Å². The van der Waals surface area contributed by atoms with E-state index >= 15 is 0 Å². The van der Waals surface area contributed by atoms with Crippen molar-refractivity contribution >= 4 is 15.9 Å². The number of aromatic hydroxyl groups is 1. The second kappa shape index (κ2) is 9.54. The van der Waals surface area contributed by atoms with Crippen LogP contribution >= 0.6 is 15.9 Å². The standard InChI is InChI=1S/C26H39BrO3/c1-25(2,12-8-6-7-9-13-27)19-15-22(28)24-20-14-18(17-29-5)10-11-21(20)26(3,4)30-23(24)16-19/h15-17,20-21,28H,6-14H2,1-5H3/b18-17+/t20-,21-/m1/s1. The Hall–Kier alpha value is -1.16. The zero-order chi connectivity index (χ0) is 21.9. The highest BCUT2D eigenvalue weighted by molar-refractivity contribution is 9.09. The number of allylic oxidation sites excluding steroid dienone is 1. The van der Waals surface area contributed by atoms with Crippen LogP contribution in [0.3, 0.4) is 0 Å². The molecule has 0 saturated heterocycles. The number of alkyl halides is 1. The Morgan fingerprint density at radius 2 is 1.97 bits per heavy atom. The van der Waals surface area contributed by atoms with Crippen LogP contribution < -0.4 is 4.74 Å². The zero-order valence-electron chi connectivity index (χ0n) is 19.4. The molecule has 0 bridgehead atoms. The van der Waals surface area contributed by atoms with Gasteiger partial charge in [0, 0.05) is 22.7 Å². The fourth-order valence-electron chi connectivity index (χ4n) is 5.46. The molecule has 3 rings (SSSR count). The van der Waals surface area contributed by atoms with Gasteiger partial charge in [-0.1, -0.05) is 49.0 Å². The summed E-state index contributed by atoms with van der Waals surface area (Å²) in [7, 11) is 1.71. The van der Waals surface area contributed by atoms with Crippen molar-refractivity contribution in [2.24, 2.45) is 5.92 Å². The van der Waals surface area contributed by atoms with Crippen LogP contribution in [0.5, 0.6) is 11.5 Å². The number of methoxy groups -OCH3 is 1. The van der Waals surface area contributed by atoms with E-state index in [0.29, 0.717) is 11.7 Å². The fraction of sp³-hybridized carbons (Fsp3) is 0.692. The molecular weight excluding hydrogens is 440 g/mol. The van der Waals surface area contributed by atoms with E-state index in [9.17, 15) is 5.11 Å². The maximum absolute atomic E-state index is 11.1. The molecule has 1 fully saturated rings. The van der Waals surface area contributed by atoms with Crippen LogP contribution in [-0.4, -0.2) is 23.1 Å². The number of halogens is 1. The molecule has 0 spiro atoms. The van der Waals surface area contributed by atoms with Gasteiger partial charge in [0.15, 0.2) is 0 Å². The minimum atomic E-state index is -0.235. The first-order valence-corrected chi connectivity index (χ1v) is 12.6. The Balaban J connectivity index is 1.87. The van der Waals surface area contributed by atoms with Gasteiger partial charge >= 0.3 is 0 Å². The summed E-state index contributed by atoms with van der Waals surface area (Å²) in [4.78, 5) is 0. The van der Waals surface area contributed by atoms with Crippen molar-refractivity contribution in [3.8, 4) is 11.5 Å². The molecule has 1 aliphatic heterocycles. The Morgan fingerprint density at radius 3 is 2.67 bits per heavy atom. The highest BCUT2D eigenvalue weighted by atomic mass is 79.9. The van der Waals surface area contributed by atoms with Crippen LogP contribution in [0.25, 0.3) is 0 Å². The molecule has 0 aromatic heterocycles. The normalized spacial score (nSPS) is 24.1. The van der Waals surface area contributed by atoms with Crippen LogP contribution in [0.4, 0.5) is 0 Å². The van der Waals surface area contributed by atoms with E-state index in [1.807, 2.05) is 12.3 Å². The van der Waals surface area contributed by atoms with Gasteiger partial charge in [-0.15, -0.1) is 0 Å². The zero-order valence-corrected chi connectivity index (χ0v) is 21.0. The van der Waals surface area contributed by atoms with Gasteiger partial charge in [0.05, 0.1) is 13.4 Å². The van der Waals surface area contributed by atoms with Crippen LogP contribution in [0.15, 0.2) is 24.0 Å². The molecule has 0 radical (unpaired) electrons. The SMILES string of the molecule is CO/C=C1\CC[C@@H]2[C@@H](C1)c1c(O)cc(C(C)(C)CCCCCCBr)cc1OC2(C)C. The summed E-state index contributed by atoms with van der Waals surface area (Å²) < 4.78 is 11.8. The lowest BCUT2D eigenvalue weighted by molar-refractivity contribution is -0.00142. The third kappa shape index (κ3) is 5.00. The van der Waals surface area contributed by atoms with Gasteiger partial charge in [-0.2, -0.15) is 0 Å². The van der Waals surface area contributed by atoms with Gasteiger partial charge < -0.3 is 14.6 Å². The third-order valence-corrected chi connectivity index (χ3v) is 7.81. The maximum Gasteiger partial charge on any atom is 0.127 e. The van der Waals surface area contributed by atoms with Gasteiger partial charge in [0.25, 0.3) is 0 Å². The van der Waals surface area contributed by atoms with Crippen molar-refractivity contribution in [1.82, 2.24) is 0 Å². The molecule has 3 nitrogen and oxygen atoms in total. The van der Waals surface area contributed by atoms with Crippen LogP contribution in [-0.2, 0) is 10.2 Å². The largest absolute Gasteiger partial charge is 0.508 e. The Bertz CT molecular complexity index is 766. The van der Waals surface area contributed by atoms with E-state index in [0.717, 1.165) is 42.3 Å². The number of ether oxygens (including phenoxy) is 2. The van der Waals surface area contributed by atoms with Crippen LogP contribution in [0, 0.1) is 5.92 Å². The van der Waals surface area contributed by atoms with E-state index in [4.69, 9.17) is 9.47 Å². The molecule has 1 heterocycles. The molecule has 2 atom stereocenters. The van der Waals surface area contributed by atoms with Crippen LogP contribution in [0.1, 0.15) is 96.1 Å². The van der Waals surface area contributed by atoms with E-state index in [2.05, 4.69) is 49.7 Å². The van der Waals surface area contributed by atoms with Gasteiger partial charge in [-0.05, 0) is 74.6 Å². The number of phenols is 1. The molecular formula is C26H39BrO3. The molecule has 30 heavy (non-hydrogen) atoms. The number of fused-ring (bicyclic) bond motifs is 3. The Morgan fingerprint density at radius 1 is 1.23 bits per heavy atom. The Kier molecular flexibility index (Phi) is 7.48. The van der Waals surface area contributed by atoms with Crippen molar-refractivity contribution < 1.29 is 14.6 Å². The van der Waals surface area contributed by atoms with Gasteiger partial charge in [0.2, 0.25) is 0 Å². The molecule has 168 valence electrons. The van der Waals surface area contributed by atoms with Crippen molar-refractivity contribution in [1.29, 1.82) is 0 Å². The van der Waals surface area contributed by atoms with Crippen molar-refractivity contribution in [2.45, 2.75) is 96.0 Å². The van der Waals surface area contributed by atoms with Crippen molar-refractivity contribution in [3.05, 3.63) is 35.1 Å². The average Bonchev–Trinajstić information content (AvgIpc) is 2.67. The number of unbranched alkanes of at least 4 members (excludes halogenated alkanes) is 3. The quantitative estimate of drug-likeness (QED) is 0.237. The highest BCUT2D eigenvalue weighted by Crippen LogP contribution is 2.56. The van der Waals surface area contributed by atoms with Gasteiger partial charge in [0.1, 0.15) is 17.1 Å². The van der Waals surface area contributed by atoms with E-state index < -0.39 is 0 Å². The summed E-state index contributed by atoms with van der Waals surface area (Å²) in [6.45, 7) is 8.99. The average molecular weight is 479 g/mol. The summed E-state index contributed by atoms with van der Waals surface area (Å²) in [6.07, 6.45) is 11.0. The first-order chi connectivity index (χ1) is 14.2. The van der Waals surface area contributed by atoms with Crippen molar-refractivity contribution in [2.75, 3.05) is 12.4 Å². The number of rotatable bonds is 8. The van der Waals surface area contributed by atoms with Gasteiger partial charge in [-0.3, -0.25) is 0 Å². The maximum atomic E-state index is 11.1. The summed E-state index contributed by atoms with van der Waals surface area (Å²) in [5.74, 6) is 1.96. The highest BCUT2D eigenvalue weighted by Gasteiger charge is 2.47. The lowest BCUT2D eigenvalue weighted by Crippen LogP contribution is -2.46. The summed E-state index contributed by atoms with van der Waals surface area (Å²) >= 11 is 3.51. The summed E-state index contributed by atoms with van der Waals surface area (Å²) in [6, 6.07) is 4.21. The van der Waals surface area contributed by atoms with Crippen LogP contribution in [0.2, 0.25) is 0 Å². The van der Waals surface area contributed by atoms with Crippen molar-refractivity contribution in [3.63, 3.8) is 0 Å². The van der Waals surface area contributed by atoms with E-state index in [1.165, 1.54) is 36.8 Å². The topological polar surface area (TPSA) is 38.7 Å². The second-order valence-corrected chi connectivity index (χ2v) is 11.1. The lowest BCUT2D eigenvalue weighted by Gasteiger charge is -2.48. The first-order valence-electron chi connectivity index (χ1n) is 11.5. The minimum Gasteiger partial charge on any atom is -0.508 e. The molecule has 4 heteroatoms. The molecule has 0 amide bonds. The number of phenolic OH excluding ortho intramolecular Hbond substituents is 1. The summed E-state index contributed by atoms with van der Waals surface area (Å²) in [5, 5.41) is 12.2. The molecule has 0 unspecified atom stereocenters. The smallest absolute Gasteiger partial charge is 0.127 e. The number of benzene rings is 1. The number of hydrogen-bond donors (Lipinski definition) is 1. The molecule has 2 aliphatic rings. The molecule has 1 aromatic carbocycles. The molecule has 1 aromatic rings. The lowest BCUT2D eigenvalue weighted by atomic mass is 9.65. The molecule has 1 saturated carbocycles. The summed E-state index contributed by atoms with van der Waals surface area (Å²) in [5.41, 5.74) is 3.28.